The number of carbonyl (C=O) groups is 7. The summed E-state index contributed by atoms with van der Waals surface area (Å²) < 4.78 is 5.42. The van der Waals surface area contributed by atoms with Crippen LogP contribution in [-0.4, -0.2) is 153 Å². The van der Waals surface area contributed by atoms with Crippen molar-refractivity contribution in [2.45, 2.75) is 52.1 Å². The molecule has 2 aromatic carbocycles. The molecule has 360 valence electrons. The molecule has 0 atom stereocenters. The maximum absolute atomic E-state index is 12.5. The van der Waals surface area contributed by atoms with E-state index in [2.05, 4.69) is 25.8 Å². The standard InChI is InChI=1S/C27H36N4O5S.C22H28N4O3S/c1-27(2,3)36-26(35)31-16-14-30(15-17-31)13-12-29-25(34)20-7-4-19(5-8-20)6-9-21(32)23-10-11-24(37-23)22(33)18-28;23-15-19(28)21-8-7-20(30-21)18(27)6-3-16-1-4-17(5-2-16)22(29)25-11-14-26-12-9-24-10-13-26/h4-5,7-8,10-11H,6,9,12-18,28H2,1-3H3,(H,29,34);1-2,4-5,7-8,24H,3,6,9-15,23H2,(H,25,29). The fraction of sp³-hybridized carbons (Fsp3) is 0.449. The van der Waals surface area contributed by atoms with Gasteiger partial charge in [0, 0.05) is 103 Å². The van der Waals surface area contributed by atoms with Crippen molar-refractivity contribution < 1.29 is 38.3 Å². The number of ketones is 4. The van der Waals surface area contributed by atoms with Gasteiger partial charge in [0.25, 0.3) is 11.8 Å². The highest BCUT2D eigenvalue weighted by atomic mass is 32.1. The highest BCUT2D eigenvalue weighted by molar-refractivity contribution is 7.16. The fourth-order valence-corrected chi connectivity index (χ4v) is 9.00. The molecule has 0 aliphatic carbocycles. The zero-order valence-electron chi connectivity index (χ0n) is 38.7. The molecule has 0 unspecified atom stereocenters. The lowest BCUT2D eigenvalue weighted by molar-refractivity contribution is 0.0146. The Balaban J connectivity index is 0.000000256. The minimum atomic E-state index is -0.504. The van der Waals surface area contributed by atoms with E-state index in [0.29, 0.717) is 89.0 Å². The summed E-state index contributed by atoms with van der Waals surface area (Å²) in [4.78, 5) is 93.5. The molecule has 0 saturated carbocycles. The van der Waals surface area contributed by atoms with E-state index < -0.39 is 5.60 Å². The van der Waals surface area contributed by atoms with Crippen LogP contribution in [0, 0.1) is 0 Å². The molecular weight excluding hydrogens is 893 g/mol. The predicted molar refractivity (Wildman–Crippen MR) is 262 cm³/mol. The number of nitrogens with one attached hydrogen (secondary N) is 3. The minimum Gasteiger partial charge on any atom is -0.444 e. The third kappa shape index (κ3) is 17.3. The fourth-order valence-electron chi connectivity index (χ4n) is 7.16. The van der Waals surface area contributed by atoms with Crippen molar-refractivity contribution in [3.63, 3.8) is 0 Å². The maximum atomic E-state index is 12.5. The van der Waals surface area contributed by atoms with Gasteiger partial charge in [-0.2, -0.15) is 0 Å². The van der Waals surface area contributed by atoms with E-state index in [1.807, 2.05) is 45.0 Å². The van der Waals surface area contributed by atoms with Gasteiger partial charge in [-0.3, -0.25) is 38.6 Å². The molecule has 2 aromatic heterocycles. The summed E-state index contributed by atoms with van der Waals surface area (Å²) in [5.74, 6) is -0.561. The molecule has 2 fully saturated rings. The van der Waals surface area contributed by atoms with E-state index in [0.717, 1.165) is 56.9 Å². The summed E-state index contributed by atoms with van der Waals surface area (Å²) in [5, 5.41) is 9.22. The van der Waals surface area contributed by atoms with Crippen molar-refractivity contribution in [3.05, 3.63) is 115 Å². The van der Waals surface area contributed by atoms with E-state index >= 15 is 0 Å². The molecule has 3 amide bonds. The number of nitrogens with two attached hydrogens (primary N) is 2. The van der Waals surface area contributed by atoms with Gasteiger partial charge in [0.1, 0.15) is 5.60 Å². The van der Waals surface area contributed by atoms with Gasteiger partial charge < -0.3 is 37.1 Å². The Hall–Kier alpha value is -5.47. The number of Topliss-reactive ketones (excluding diaryl/α,β-unsaturated/α-hetero) is 4. The number of benzene rings is 2. The number of carbonyl (C=O) groups excluding carboxylic acids is 7. The first-order valence-electron chi connectivity index (χ1n) is 22.7. The lowest BCUT2D eigenvalue weighted by Crippen LogP contribution is -2.51. The van der Waals surface area contributed by atoms with Crippen LogP contribution in [0.1, 0.15) is 104 Å². The Kier molecular flexibility index (Phi) is 20.5. The maximum Gasteiger partial charge on any atom is 0.410 e. The summed E-state index contributed by atoms with van der Waals surface area (Å²) in [6.07, 6.45) is 1.53. The lowest BCUT2D eigenvalue weighted by atomic mass is 10.0. The molecule has 2 aliphatic rings. The second-order valence-electron chi connectivity index (χ2n) is 17.2. The Morgan fingerprint density at radius 3 is 1.34 bits per heavy atom. The second-order valence-corrected chi connectivity index (χ2v) is 19.4. The number of ether oxygens (including phenoxy) is 1. The number of hydrogen-bond donors (Lipinski definition) is 5. The van der Waals surface area contributed by atoms with Gasteiger partial charge in [-0.25, -0.2) is 4.79 Å². The summed E-state index contributed by atoms with van der Waals surface area (Å²) in [5.41, 5.74) is 13.4. The molecular formula is C49H64N8O8S2. The summed E-state index contributed by atoms with van der Waals surface area (Å²) in [6, 6.07) is 21.3. The van der Waals surface area contributed by atoms with Gasteiger partial charge in [0.05, 0.1) is 32.6 Å². The van der Waals surface area contributed by atoms with Crippen molar-refractivity contribution in [1.29, 1.82) is 0 Å². The van der Waals surface area contributed by atoms with Crippen molar-refractivity contribution in [1.82, 2.24) is 30.7 Å². The van der Waals surface area contributed by atoms with Crippen LogP contribution in [-0.2, 0) is 17.6 Å². The smallest absolute Gasteiger partial charge is 0.410 e. The summed E-state index contributed by atoms with van der Waals surface area (Å²) >= 11 is 2.37. The zero-order chi connectivity index (χ0) is 48.3. The molecule has 2 aliphatic heterocycles. The van der Waals surface area contributed by atoms with Crippen LogP contribution in [0.2, 0.25) is 0 Å². The molecule has 18 heteroatoms. The topological polar surface area (TPSA) is 227 Å². The van der Waals surface area contributed by atoms with E-state index in [1.165, 1.54) is 22.7 Å². The Labute approximate surface area is 400 Å². The SMILES string of the molecule is CC(C)(C)OC(=O)N1CCN(CCNC(=O)c2ccc(CCC(=O)c3ccc(C(=O)CN)s3)cc2)CC1.NCC(=O)c1ccc(C(=O)CCc2ccc(C(=O)NCCN3CCNCC3)cc2)s1. The van der Waals surface area contributed by atoms with E-state index in [-0.39, 0.29) is 54.1 Å². The van der Waals surface area contributed by atoms with Gasteiger partial charge in [-0.15, -0.1) is 22.7 Å². The summed E-state index contributed by atoms with van der Waals surface area (Å²) in [6.45, 7) is 14.8. The molecule has 2 saturated heterocycles. The van der Waals surface area contributed by atoms with Gasteiger partial charge in [0.2, 0.25) is 0 Å². The van der Waals surface area contributed by atoms with Gasteiger partial charge in [-0.05, 0) is 93.3 Å². The number of hydrogen-bond acceptors (Lipinski definition) is 15. The number of piperazine rings is 2. The van der Waals surface area contributed by atoms with Crippen LogP contribution < -0.4 is 27.4 Å². The molecule has 0 radical (unpaired) electrons. The quantitative estimate of drug-likeness (QED) is 0.0779. The van der Waals surface area contributed by atoms with Crippen LogP contribution in [0.4, 0.5) is 4.79 Å². The second kappa shape index (κ2) is 26.2. The molecule has 4 heterocycles. The Morgan fingerprint density at radius 2 is 0.955 bits per heavy atom. The first kappa shape index (κ1) is 52.5. The molecule has 0 bridgehead atoms. The average Bonchev–Trinajstić information content (AvgIpc) is 4.05. The molecule has 67 heavy (non-hydrogen) atoms. The van der Waals surface area contributed by atoms with E-state index in [4.69, 9.17) is 16.2 Å². The Morgan fingerprint density at radius 1 is 0.567 bits per heavy atom. The first-order chi connectivity index (χ1) is 32.1. The van der Waals surface area contributed by atoms with Crippen LogP contribution in [0.5, 0.6) is 0 Å². The van der Waals surface area contributed by atoms with Gasteiger partial charge >= 0.3 is 6.09 Å². The van der Waals surface area contributed by atoms with Crippen LogP contribution in [0.15, 0.2) is 72.8 Å². The number of rotatable bonds is 20. The number of nitrogens with zero attached hydrogens (tertiary/aromatic N) is 3. The molecule has 16 nitrogen and oxygen atoms in total. The van der Waals surface area contributed by atoms with Gasteiger partial charge in [0.15, 0.2) is 23.1 Å². The average molecular weight is 957 g/mol. The molecule has 4 aromatic rings. The molecule has 7 N–H and O–H groups in total. The zero-order valence-corrected chi connectivity index (χ0v) is 40.4. The number of thiophene rings is 2. The van der Waals surface area contributed by atoms with Crippen LogP contribution >= 0.6 is 22.7 Å². The van der Waals surface area contributed by atoms with Crippen LogP contribution in [0.25, 0.3) is 0 Å². The highest BCUT2D eigenvalue weighted by Gasteiger charge is 2.26. The predicted octanol–water partition coefficient (Wildman–Crippen LogP) is 4.33. The molecule has 6 rings (SSSR count). The van der Waals surface area contributed by atoms with Crippen molar-refractivity contribution in [2.24, 2.45) is 11.5 Å². The molecule has 0 spiro atoms. The summed E-state index contributed by atoms with van der Waals surface area (Å²) in [7, 11) is 0. The van der Waals surface area contributed by atoms with Crippen molar-refractivity contribution in [2.75, 3.05) is 91.6 Å². The lowest BCUT2D eigenvalue weighted by Gasteiger charge is -2.35. The monoisotopic (exact) mass is 956 g/mol. The van der Waals surface area contributed by atoms with Crippen molar-refractivity contribution >= 4 is 63.7 Å². The first-order valence-corrected chi connectivity index (χ1v) is 24.4. The highest BCUT2D eigenvalue weighted by Crippen LogP contribution is 2.21. The number of amides is 3. The minimum absolute atomic E-state index is 0.00537. The van der Waals surface area contributed by atoms with Gasteiger partial charge in [-0.1, -0.05) is 24.3 Å². The normalized spacial score (nSPS) is 14.4. The Bertz CT molecular complexity index is 2290. The largest absolute Gasteiger partial charge is 0.444 e. The third-order valence-corrected chi connectivity index (χ3v) is 13.4. The van der Waals surface area contributed by atoms with E-state index in [9.17, 15) is 33.6 Å². The van der Waals surface area contributed by atoms with Crippen molar-refractivity contribution in [3.8, 4) is 0 Å². The van der Waals surface area contributed by atoms with Crippen LogP contribution in [0.3, 0.4) is 0 Å². The number of aryl methyl sites for hydroxylation is 2. The van der Waals surface area contributed by atoms with E-state index in [1.54, 1.807) is 53.4 Å². The third-order valence-electron chi connectivity index (χ3n) is 11.1.